The van der Waals surface area contributed by atoms with Crippen LogP contribution in [0.3, 0.4) is 0 Å². The fraction of sp³-hybridized carbons (Fsp3) is 0.875. The van der Waals surface area contributed by atoms with E-state index < -0.39 is 19.8 Å². The van der Waals surface area contributed by atoms with Gasteiger partial charge in [0.1, 0.15) is 0 Å². The molecule has 0 heterocycles. The summed E-state index contributed by atoms with van der Waals surface area (Å²) in [5.74, 6) is 0. The molecule has 1 heteroatoms. The standard InChI is InChI=1S/C6H10.2CH3.Sn.H/c1-2-4-6-5-3-1;;;;/h1,6H,2-5H2;2*1H3;;. The molecule has 0 atom stereocenters. The summed E-state index contributed by atoms with van der Waals surface area (Å²) < 4.78 is 1.23. The van der Waals surface area contributed by atoms with Crippen LogP contribution in [-0.4, -0.2) is 19.8 Å². The molecule has 0 amide bonds. The molecular formula is C8H17Sn. The molecule has 9 heavy (non-hydrogen) atoms. The first-order valence-electron chi connectivity index (χ1n) is 4.12. The summed E-state index contributed by atoms with van der Waals surface area (Å²) in [6, 6.07) is 0. The molecule has 0 aromatic heterocycles. The monoisotopic (exact) mass is 233 g/mol. The molecule has 1 aliphatic carbocycles. The van der Waals surface area contributed by atoms with Crippen LogP contribution >= 0.6 is 0 Å². The van der Waals surface area contributed by atoms with E-state index in [-0.39, 0.29) is 0 Å². The van der Waals surface area contributed by atoms with E-state index in [1.807, 2.05) is 0 Å². The van der Waals surface area contributed by atoms with Crippen LogP contribution in [0.1, 0.15) is 25.7 Å². The molecule has 0 aromatic carbocycles. The van der Waals surface area contributed by atoms with Crippen LogP contribution in [0.25, 0.3) is 0 Å². The van der Waals surface area contributed by atoms with Gasteiger partial charge in [-0.15, -0.1) is 0 Å². The second-order valence-electron chi connectivity index (χ2n) is 3.45. The van der Waals surface area contributed by atoms with Crippen molar-refractivity contribution in [2.75, 3.05) is 0 Å². The Labute approximate surface area is 65.8 Å². The summed E-state index contributed by atoms with van der Waals surface area (Å²) in [5.41, 5.74) is 0. The van der Waals surface area contributed by atoms with Crippen molar-refractivity contribution in [2.45, 2.75) is 39.5 Å². The van der Waals surface area contributed by atoms with Gasteiger partial charge in [0.25, 0.3) is 0 Å². The van der Waals surface area contributed by atoms with Crippen LogP contribution in [0.2, 0.25) is 13.8 Å². The van der Waals surface area contributed by atoms with Gasteiger partial charge < -0.3 is 0 Å². The Morgan fingerprint density at radius 3 is 2.11 bits per heavy atom. The van der Waals surface area contributed by atoms with Crippen molar-refractivity contribution in [3.63, 3.8) is 0 Å². The third kappa shape index (κ3) is 2.48. The van der Waals surface area contributed by atoms with E-state index in [2.05, 4.69) is 16.3 Å². The van der Waals surface area contributed by atoms with E-state index in [4.69, 9.17) is 0 Å². The summed E-state index contributed by atoms with van der Waals surface area (Å²) in [7, 11) is 0. The Morgan fingerprint density at radius 1 is 1.22 bits per heavy atom. The van der Waals surface area contributed by atoms with Crippen LogP contribution in [0.4, 0.5) is 0 Å². The predicted molar refractivity (Wildman–Crippen MR) is 45.4 cm³/mol. The van der Waals surface area contributed by atoms with Gasteiger partial charge in [-0.05, 0) is 0 Å². The topological polar surface area (TPSA) is 0 Å². The van der Waals surface area contributed by atoms with Gasteiger partial charge in [0.15, 0.2) is 0 Å². The van der Waals surface area contributed by atoms with E-state index in [9.17, 15) is 0 Å². The Bertz CT molecular complexity index is 72.6. The number of rotatable bonds is 1. The zero-order valence-corrected chi connectivity index (χ0v) is 9.86. The van der Waals surface area contributed by atoms with Gasteiger partial charge in [0, 0.05) is 0 Å². The van der Waals surface area contributed by atoms with Crippen molar-refractivity contribution in [3.8, 4) is 0 Å². The normalized spacial score (nSPS) is 23.0. The molecule has 1 radical (unpaired) electrons. The molecule has 0 nitrogen and oxygen atoms in total. The zero-order valence-electron chi connectivity index (χ0n) is 6.56. The van der Waals surface area contributed by atoms with Gasteiger partial charge in [-0.25, -0.2) is 0 Å². The average Bonchev–Trinajstić information content (AvgIpc) is 1.90. The first kappa shape index (κ1) is 7.90. The molecule has 1 aliphatic rings. The van der Waals surface area contributed by atoms with E-state index in [1.54, 1.807) is 0 Å². The third-order valence-corrected chi connectivity index (χ3v) is 9.71. The predicted octanol–water partition coefficient (Wildman–Crippen LogP) is 2.62. The molecule has 1 saturated carbocycles. The molecule has 1 rings (SSSR count). The van der Waals surface area contributed by atoms with Crippen LogP contribution < -0.4 is 0 Å². The Kier molecular flexibility index (Phi) is 3.37. The molecule has 0 unspecified atom stereocenters. The minimum atomic E-state index is -0.880. The van der Waals surface area contributed by atoms with Crippen molar-refractivity contribution in [3.05, 3.63) is 6.42 Å². The van der Waals surface area contributed by atoms with Crippen LogP contribution in [-0.2, 0) is 0 Å². The average molecular weight is 232 g/mol. The molecule has 0 saturated heterocycles. The van der Waals surface area contributed by atoms with Gasteiger partial charge in [-0.2, -0.15) is 0 Å². The van der Waals surface area contributed by atoms with E-state index in [0.717, 1.165) is 0 Å². The third-order valence-electron chi connectivity index (χ3n) is 2.43. The van der Waals surface area contributed by atoms with Gasteiger partial charge in [0.05, 0.1) is 0 Å². The van der Waals surface area contributed by atoms with Crippen LogP contribution in [0.15, 0.2) is 0 Å². The molecule has 0 bridgehead atoms. The first-order chi connectivity index (χ1) is 4.30. The molecular weight excluding hydrogens is 215 g/mol. The second kappa shape index (κ2) is 3.84. The van der Waals surface area contributed by atoms with Gasteiger partial charge >= 0.3 is 65.7 Å². The first-order valence-corrected chi connectivity index (χ1v) is 12.6. The second-order valence-corrected chi connectivity index (χ2v) is 13.2. The summed E-state index contributed by atoms with van der Waals surface area (Å²) >= 11 is -0.880. The number of hydrogen-bond donors (Lipinski definition) is 0. The molecule has 0 spiro atoms. The Balaban J connectivity index is 2.23. The molecule has 0 N–H and O–H groups in total. The molecule has 0 aromatic rings. The molecule has 1 fully saturated rings. The maximum absolute atomic E-state index is 2.55. The quantitative estimate of drug-likeness (QED) is 0.609. The summed E-state index contributed by atoms with van der Waals surface area (Å²) in [4.78, 5) is 5.11. The van der Waals surface area contributed by atoms with Crippen LogP contribution in [0, 0.1) is 6.42 Å². The fourth-order valence-corrected chi connectivity index (χ4v) is 6.52. The Morgan fingerprint density at radius 2 is 1.78 bits per heavy atom. The van der Waals surface area contributed by atoms with Crippen molar-refractivity contribution in [1.82, 2.24) is 0 Å². The molecule has 0 aliphatic heterocycles. The van der Waals surface area contributed by atoms with E-state index in [1.165, 1.54) is 29.6 Å². The summed E-state index contributed by atoms with van der Waals surface area (Å²) in [5, 5.41) is 0. The van der Waals surface area contributed by atoms with Crippen molar-refractivity contribution < 1.29 is 0 Å². The summed E-state index contributed by atoms with van der Waals surface area (Å²) in [6.07, 6.45) is 8.37. The van der Waals surface area contributed by atoms with E-state index in [0.29, 0.717) is 0 Å². The SMILES string of the molecule is [CH3][SnH]([CH3])[CH]1CC[CH]CC1. The van der Waals surface area contributed by atoms with Crippen LogP contribution in [0.5, 0.6) is 0 Å². The van der Waals surface area contributed by atoms with Crippen molar-refractivity contribution in [1.29, 1.82) is 0 Å². The summed E-state index contributed by atoms with van der Waals surface area (Å²) in [6.45, 7) is 0. The van der Waals surface area contributed by atoms with Crippen molar-refractivity contribution >= 4 is 19.8 Å². The minimum absolute atomic E-state index is 0.880. The number of hydrogen-bond acceptors (Lipinski definition) is 0. The van der Waals surface area contributed by atoms with Gasteiger partial charge in [-0.1, -0.05) is 0 Å². The zero-order chi connectivity index (χ0) is 6.69. The molecule has 53 valence electrons. The van der Waals surface area contributed by atoms with E-state index >= 15 is 0 Å². The fourth-order valence-electron chi connectivity index (χ4n) is 1.62. The van der Waals surface area contributed by atoms with Crippen molar-refractivity contribution in [2.24, 2.45) is 0 Å². The van der Waals surface area contributed by atoms with Gasteiger partial charge in [-0.3, -0.25) is 0 Å². The maximum atomic E-state index is 2.55. The Hall–Kier alpha value is 0.799. The van der Waals surface area contributed by atoms with Gasteiger partial charge in [0.2, 0.25) is 0 Å².